The lowest BCUT2D eigenvalue weighted by atomic mass is 9.96. The zero-order valence-electron chi connectivity index (χ0n) is 52.3. The summed E-state index contributed by atoms with van der Waals surface area (Å²) in [6.07, 6.45) is 0. The Bertz CT molecular complexity index is 2970. The van der Waals surface area contributed by atoms with Crippen LogP contribution < -0.4 is 9.47 Å². The zero-order valence-corrected chi connectivity index (χ0v) is 52.3. The molecule has 0 aliphatic rings. The maximum absolute atomic E-state index is 5.92. The summed E-state index contributed by atoms with van der Waals surface area (Å²) in [5.74, 6) is 14.9. The van der Waals surface area contributed by atoms with Crippen LogP contribution in [0.4, 0.5) is 0 Å². The Balaban J connectivity index is 0.766. The number of para-hydroxylation sites is 2. The molecule has 1 heterocycles. The second-order valence-corrected chi connectivity index (χ2v) is 19.7. The van der Waals surface area contributed by atoms with E-state index in [1.807, 2.05) is 84.9 Å². The van der Waals surface area contributed by atoms with Crippen LogP contribution >= 0.6 is 0 Å². The second kappa shape index (κ2) is 45.7. The van der Waals surface area contributed by atoms with Crippen LogP contribution in [-0.4, -0.2) is 236 Å². The lowest BCUT2D eigenvalue weighted by Crippen LogP contribution is -2.15. The number of rotatable bonds is 50. The third kappa shape index (κ3) is 28.4. The second-order valence-electron chi connectivity index (χ2n) is 19.7. The van der Waals surface area contributed by atoms with Crippen LogP contribution in [0.3, 0.4) is 0 Å². The van der Waals surface area contributed by atoms with Gasteiger partial charge in [-0.1, -0.05) is 47.9 Å². The Kier molecular flexibility index (Phi) is 36.1. The van der Waals surface area contributed by atoms with Gasteiger partial charge in [0.2, 0.25) is 0 Å². The van der Waals surface area contributed by atoms with Gasteiger partial charge >= 0.3 is 0 Å². The van der Waals surface area contributed by atoms with Gasteiger partial charge < -0.3 is 85.3 Å². The van der Waals surface area contributed by atoms with E-state index in [0.717, 1.165) is 77.4 Å². The minimum atomic E-state index is 0.409. The van der Waals surface area contributed by atoms with Crippen molar-refractivity contribution >= 4 is 43.6 Å². The Hall–Kier alpha value is -6.48. The summed E-state index contributed by atoms with van der Waals surface area (Å²) < 4.78 is 99.1. The average molecular weight is 1250 g/mol. The maximum atomic E-state index is 5.92. The van der Waals surface area contributed by atoms with Gasteiger partial charge in [-0.15, -0.1) is 0 Å². The monoisotopic (exact) mass is 1240 g/mol. The topological polar surface area (TPSA) is 192 Å². The van der Waals surface area contributed by atoms with Crippen molar-refractivity contribution in [2.45, 2.75) is 0 Å². The van der Waals surface area contributed by atoms with Gasteiger partial charge in [-0.3, -0.25) is 0 Å². The van der Waals surface area contributed by atoms with E-state index in [1.54, 1.807) is 14.2 Å². The van der Waals surface area contributed by atoms with E-state index in [9.17, 15) is 0 Å². The molecule has 0 amide bonds. The largest absolute Gasteiger partial charge is 0.491 e. The van der Waals surface area contributed by atoms with Gasteiger partial charge in [0.25, 0.3) is 0 Å². The lowest BCUT2D eigenvalue weighted by molar-refractivity contribution is -0.0227. The normalized spacial score (nSPS) is 11.4. The predicted octanol–water partition coefficient (Wildman–Crippen LogP) is 8.17. The molecule has 7 rings (SSSR count). The molecule has 7 aromatic rings. The Morgan fingerprint density at radius 2 is 0.478 bits per heavy atom. The minimum Gasteiger partial charge on any atom is -0.491 e. The quantitative estimate of drug-likeness (QED) is 0.0153. The highest BCUT2D eigenvalue weighted by Gasteiger charge is 2.14. The molecule has 0 fully saturated rings. The van der Waals surface area contributed by atoms with Crippen LogP contribution in [0.1, 0.15) is 22.3 Å². The highest BCUT2D eigenvalue weighted by Crippen LogP contribution is 2.35. The smallest absolute Gasteiger partial charge is 0.119 e. The van der Waals surface area contributed by atoms with E-state index < -0.39 is 0 Å². The van der Waals surface area contributed by atoms with Crippen molar-refractivity contribution in [1.82, 2.24) is 9.97 Å². The number of ether oxygens (including phenoxy) is 18. The van der Waals surface area contributed by atoms with Crippen molar-refractivity contribution in [3.8, 4) is 35.2 Å². The van der Waals surface area contributed by atoms with Crippen molar-refractivity contribution in [3.63, 3.8) is 0 Å². The Labute approximate surface area is 529 Å². The van der Waals surface area contributed by atoms with Gasteiger partial charge in [-0.25, -0.2) is 9.97 Å². The van der Waals surface area contributed by atoms with Crippen molar-refractivity contribution in [2.24, 2.45) is 0 Å². The summed E-state index contributed by atoms with van der Waals surface area (Å²) in [5.41, 5.74) is 6.81. The molecular formula is C70H88N2O18. The Morgan fingerprint density at radius 3 is 0.744 bits per heavy atom. The number of nitrogens with zero attached hydrogens (tertiary/aromatic N) is 2. The molecule has 90 heavy (non-hydrogen) atoms. The van der Waals surface area contributed by atoms with Crippen LogP contribution in [0.25, 0.3) is 43.6 Å². The van der Waals surface area contributed by atoms with Gasteiger partial charge in [-0.05, 0) is 95.7 Å². The first-order valence-electron chi connectivity index (χ1n) is 30.8. The van der Waals surface area contributed by atoms with E-state index in [2.05, 4.69) is 47.9 Å². The minimum absolute atomic E-state index is 0.409. The van der Waals surface area contributed by atoms with Crippen molar-refractivity contribution in [1.29, 1.82) is 0 Å². The fourth-order valence-electron chi connectivity index (χ4n) is 8.60. The van der Waals surface area contributed by atoms with Gasteiger partial charge in [0, 0.05) is 47.2 Å². The predicted molar refractivity (Wildman–Crippen MR) is 343 cm³/mol. The van der Waals surface area contributed by atoms with Crippen molar-refractivity contribution in [3.05, 3.63) is 131 Å². The number of benzene rings is 6. The molecule has 20 nitrogen and oxygen atoms in total. The van der Waals surface area contributed by atoms with E-state index in [0.29, 0.717) is 211 Å². The van der Waals surface area contributed by atoms with E-state index in [-0.39, 0.29) is 0 Å². The number of methoxy groups -OCH3 is 2. The van der Waals surface area contributed by atoms with Crippen molar-refractivity contribution in [2.75, 3.05) is 226 Å². The summed E-state index contributed by atoms with van der Waals surface area (Å²) in [5, 5.41) is 4.01. The molecule has 0 unspecified atom stereocenters. The van der Waals surface area contributed by atoms with Gasteiger partial charge in [0.1, 0.15) is 24.7 Å². The van der Waals surface area contributed by atoms with Crippen LogP contribution in [0.2, 0.25) is 0 Å². The number of hydrogen-bond acceptors (Lipinski definition) is 20. The van der Waals surface area contributed by atoms with E-state index >= 15 is 0 Å². The maximum Gasteiger partial charge on any atom is 0.119 e. The number of fused-ring (bicyclic) bond motifs is 7. The summed E-state index contributed by atoms with van der Waals surface area (Å²) in [7, 11) is 3.29. The van der Waals surface area contributed by atoms with E-state index in [1.165, 1.54) is 0 Å². The summed E-state index contributed by atoms with van der Waals surface area (Å²) in [6.45, 7) is 15.9. The Morgan fingerprint density at radius 1 is 0.244 bits per heavy atom. The molecule has 6 aromatic carbocycles. The van der Waals surface area contributed by atoms with Crippen LogP contribution in [-0.2, 0) is 75.8 Å². The fourth-order valence-corrected chi connectivity index (χ4v) is 8.60. The van der Waals surface area contributed by atoms with Gasteiger partial charge in [-0.2, -0.15) is 0 Å². The van der Waals surface area contributed by atoms with Crippen LogP contribution in [0, 0.1) is 23.7 Å². The first-order chi connectivity index (χ1) is 44.7. The third-order valence-corrected chi connectivity index (χ3v) is 13.1. The zero-order chi connectivity index (χ0) is 62.4. The molecular weight excluding hydrogens is 1160 g/mol. The summed E-state index contributed by atoms with van der Waals surface area (Å²) in [4.78, 5) is 10.3. The number of aromatic nitrogens is 2. The molecule has 0 saturated heterocycles. The number of hydrogen-bond donors (Lipinski definition) is 0. The third-order valence-electron chi connectivity index (χ3n) is 13.1. The highest BCUT2D eigenvalue weighted by molar-refractivity contribution is 6.24. The molecule has 0 aliphatic heterocycles. The lowest BCUT2D eigenvalue weighted by Gasteiger charge is -2.11. The molecule has 0 spiro atoms. The van der Waals surface area contributed by atoms with Gasteiger partial charge in [0.05, 0.1) is 220 Å². The molecule has 0 bridgehead atoms. The first-order valence-corrected chi connectivity index (χ1v) is 30.8. The summed E-state index contributed by atoms with van der Waals surface area (Å²) in [6, 6.07) is 36.0. The first kappa shape index (κ1) is 71.0. The average Bonchev–Trinajstić information content (AvgIpc) is 0.740. The van der Waals surface area contributed by atoms with Crippen LogP contribution in [0.5, 0.6) is 11.5 Å². The molecule has 0 radical (unpaired) electrons. The van der Waals surface area contributed by atoms with Crippen LogP contribution in [0.15, 0.2) is 109 Å². The van der Waals surface area contributed by atoms with Crippen molar-refractivity contribution < 1.29 is 85.3 Å². The molecule has 0 atom stereocenters. The molecule has 0 N–H and O–H groups in total. The summed E-state index contributed by atoms with van der Waals surface area (Å²) >= 11 is 0. The molecule has 0 aliphatic carbocycles. The standard InChI is InChI=1S/C70H88N2O18/c1-73-23-25-75-27-29-77-31-33-79-35-37-81-39-41-83-43-45-85-47-49-87-51-53-89-61-17-11-57(12-18-61)7-9-59-15-21-63-65(55-59)66-56-60(16-22-64(66)70-69(63)71-67-5-3-4-6-68(67)72-70)10-8-58-13-19-62(20-14-58)90-54-52-88-50-48-86-46-44-84-42-40-82-38-36-80-34-32-78-30-28-76-26-24-74-2/h3-6,11-22,55-56H,23-54H2,1-2H3. The fraction of sp³-hybridized carbons (Fsp3) is 0.486. The van der Waals surface area contributed by atoms with E-state index in [4.69, 9.17) is 95.2 Å². The molecule has 20 heteroatoms. The SMILES string of the molecule is COCCOCCOCCOCCOCCOCCOCCOCCOc1ccc(C#Cc2ccc3c(c2)c2cc(C#Cc4ccc(OCCOCCOCCOCCOCCOCCOCCOCCOC)cc4)ccc2c2nc4ccccc4nc32)cc1. The highest BCUT2D eigenvalue weighted by atomic mass is 16.6. The molecule has 1 aromatic heterocycles. The van der Waals surface area contributed by atoms with Gasteiger partial charge in [0.15, 0.2) is 0 Å². The molecule has 486 valence electrons. The molecule has 0 saturated carbocycles.